The van der Waals surface area contributed by atoms with Crippen molar-refractivity contribution in [1.29, 1.82) is 5.26 Å². The highest BCUT2D eigenvalue weighted by Crippen LogP contribution is 2.38. The summed E-state index contributed by atoms with van der Waals surface area (Å²) in [5.74, 6) is -0.209. The number of rotatable bonds is 2. The molecule has 1 amide bonds. The van der Waals surface area contributed by atoms with Crippen LogP contribution in [0.15, 0.2) is 48.5 Å². The molecule has 5 heteroatoms. The summed E-state index contributed by atoms with van der Waals surface area (Å²) in [7, 11) is 0. The third-order valence-corrected chi connectivity index (χ3v) is 5.12. The highest BCUT2D eigenvalue weighted by Gasteiger charge is 2.21. The monoisotopic (exact) mass is 331 g/mol. The zero-order chi connectivity index (χ0) is 16.5. The van der Waals surface area contributed by atoms with Gasteiger partial charge in [0.15, 0.2) is 5.13 Å². The van der Waals surface area contributed by atoms with E-state index < -0.39 is 0 Å². The fraction of sp³-hybridized carbons (Fsp3) is 0.105. The second kappa shape index (κ2) is 5.91. The Kier molecular flexibility index (Phi) is 3.60. The van der Waals surface area contributed by atoms with Crippen LogP contribution in [0.3, 0.4) is 0 Å². The molecule has 4 rings (SSSR count). The van der Waals surface area contributed by atoms with E-state index in [1.807, 2.05) is 18.2 Å². The molecule has 0 spiro atoms. The van der Waals surface area contributed by atoms with Gasteiger partial charge in [-0.15, -0.1) is 11.3 Å². The molecule has 0 radical (unpaired) electrons. The van der Waals surface area contributed by atoms with Crippen molar-refractivity contribution < 1.29 is 4.79 Å². The Morgan fingerprint density at radius 2 is 1.92 bits per heavy atom. The Morgan fingerprint density at radius 3 is 2.71 bits per heavy atom. The molecule has 1 aliphatic rings. The van der Waals surface area contributed by atoms with E-state index >= 15 is 0 Å². The minimum absolute atomic E-state index is 0.209. The highest BCUT2D eigenvalue weighted by atomic mass is 32.1. The first-order valence-corrected chi connectivity index (χ1v) is 8.46. The van der Waals surface area contributed by atoms with E-state index in [-0.39, 0.29) is 5.91 Å². The summed E-state index contributed by atoms with van der Waals surface area (Å²) in [4.78, 5) is 18.2. The molecule has 0 unspecified atom stereocenters. The van der Waals surface area contributed by atoms with E-state index in [9.17, 15) is 4.79 Å². The van der Waals surface area contributed by atoms with Gasteiger partial charge in [0.25, 0.3) is 5.91 Å². The number of nitrogens with one attached hydrogen (secondary N) is 1. The lowest BCUT2D eigenvalue weighted by molar-refractivity contribution is 0.102. The van der Waals surface area contributed by atoms with Crippen LogP contribution in [0.4, 0.5) is 5.13 Å². The van der Waals surface area contributed by atoms with Gasteiger partial charge in [0.05, 0.1) is 17.3 Å². The number of aryl methyl sites for hydroxylation is 2. The van der Waals surface area contributed by atoms with Gasteiger partial charge in [0.2, 0.25) is 0 Å². The minimum atomic E-state index is -0.209. The molecule has 1 aromatic heterocycles. The van der Waals surface area contributed by atoms with Crippen molar-refractivity contribution >= 4 is 22.4 Å². The molecule has 4 nitrogen and oxygen atoms in total. The average Bonchev–Trinajstić information content (AvgIpc) is 3.04. The predicted molar refractivity (Wildman–Crippen MR) is 94.1 cm³/mol. The van der Waals surface area contributed by atoms with Gasteiger partial charge >= 0.3 is 0 Å². The molecular formula is C19H13N3OS. The van der Waals surface area contributed by atoms with Crippen molar-refractivity contribution in [1.82, 2.24) is 4.98 Å². The first-order chi connectivity index (χ1) is 11.7. The van der Waals surface area contributed by atoms with Crippen molar-refractivity contribution in [2.75, 3.05) is 5.32 Å². The van der Waals surface area contributed by atoms with Crippen LogP contribution in [0.5, 0.6) is 0 Å². The SMILES string of the molecule is N#Cc1ccc(C(=O)Nc2nc3c(s2)CCc2ccccc2-3)cc1. The highest BCUT2D eigenvalue weighted by molar-refractivity contribution is 7.16. The van der Waals surface area contributed by atoms with Crippen molar-refractivity contribution in [3.05, 3.63) is 70.1 Å². The van der Waals surface area contributed by atoms with Crippen molar-refractivity contribution in [2.24, 2.45) is 0 Å². The smallest absolute Gasteiger partial charge is 0.257 e. The standard InChI is InChI=1S/C19H13N3OS/c20-11-12-5-7-14(8-6-12)18(23)22-19-21-17-15-4-2-1-3-13(15)9-10-16(17)24-19/h1-8H,9-10H2,(H,21,22,23). The molecule has 0 atom stereocenters. The average molecular weight is 331 g/mol. The first kappa shape index (κ1) is 14.6. The Morgan fingerprint density at radius 1 is 1.12 bits per heavy atom. The summed E-state index contributed by atoms with van der Waals surface area (Å²) in [6, 6.07) is 16.9. The first-order valence-electron chi connectivity index (χ1n) is 7.64. The lowest BCUT2D eigenvalue weighted by Gasteiger charge is -2.13. The molecule has 0 fully saturated rings. The Balaban J connectivity index is 1.60. The van der Waals surface area contributed by atoms with Gasteiger partial charge in [-0.3, -0.25) is 10.1 Å². The lowest BCUT2D eigenvalue weighted by Crippen LogP contribution is -2.11. The van der Waals surface area contributed by atoms with Crippen molar-refractivity contribution in [2.45, 2.75) is 12.8 Å². The summed E-state index contributed by atoms with van der Waals surface area (Å²) < 4.78 is 0. The maximum atomic E-state index is 12.3. The molecule has 24 heavy (non-hydrogen) atoms. The molecule has 0 bridgehead atoms. The quantitative estimate of drug-likeness (QED) is 0.771. The lowest BCUT2D eigenvalue weighted by atomic mass is 9.94. The van der Waals surface area contributed by atoms with E-state index in [1.165, 1.54) is 21.8 Å². The second-order valence-corrected chi connectivity index (χ2v) is 6.67. The van der Waals surface area contributed by atoms with Gasteiger partial charge in [-0.25, -0.2) is 4.98 Å². The van der Waals surface area contributed by atoms with E-state index in [0.717, 1.165) is 24.1 Å². The van der Waals surface area contributed by atoms with Gasteiger partial charge in [0.1, 0.15) is 0 Å². The zero-order valence-corrected chi connectivity index (χ0v) is 13.6. The molecule has 0 saturated carbocycles. The number of nitriles is 1. The molecule has 0 saturated heterocycles. The topological polar surface area (TPSA) is 65.8 Å². The number of fused-ring (bicyclic) bond motifs is 3. The number of carbonyl (C=O) groups excluding carboxylic acids is 1. The number of carbonyl (C=O) groups is 1. The zero-order valence-electron chi connectivity index (χ0n) is 12.7. The molecule has 116 valence electrons. The van der Waals surface area contributed by atoms with Gasteiger partial charge < -0.3 is 0 Å². The molecule has 1 heterocycles. The summed E-state index contributed by atoms with van der Waals surface area (Å²) in [5.41, 5.74) is 4.50. The summed E-state index contributed by atoms with van der Waals surface area (Å²) in [6.07, 6.45) is 1.96. The summed E-state index contributed by atoms with van der Waals surface area (Å²) >= 11 is 1.53. The van der Waals surface area contributed by atoms with Crippen molar-refractivity contribution in [3.63, 3.8) is 0 Å². The maximum Gasteiger partial charge on any atom is 0.257 e. The predicted octanol–water partition coefficient (Wildman–Crippen LogP) is 4.03. The van der Waals surface area contributed by atoms with E-state index in [2.05, 4.69) is 22.4 Å². The third kappa shape index (κ3) is 2.57. The number of anilines is 1. The number of thiazole rings is 1. The van der Waals surface area contributed by atoms with Crippen LogP contribution < -0.4 is 5.32 Å². The molecular weight excluding hydrogens is 318 g/mol. The van der Waals surface area contributed by atoms with Crippen LogP contribution in [0, 0.1) is 11.3 Å². The van der Waals surface area contributed by atoms with Gasteiger partial charge in [-0.05, 0) is 42.7 Å². The molecule has 1 N–H and O–H groups in total. The van der Waals surface area contributed by atoms with Crippen LogP contribution in [0.1, 0.15) is 26.4 Å². The normalized spacial score (nSPS) is 12.0. The van der Waals surface area contributed by atoms with Crippen LogP contribution >= 0.6 is 11.3 Å². The molecule has 0 aliphatic heterocycles. The summed E-state index contributed by atoms with van der Waals surface area (Å²) in [5, 5.41) is 12.3. The molecule has 1 aliphatic carbocycles. The minimum Gasteiger partial charge on any atom is -0.298 e. The number of hydrogen-bond donors (Lipinski definition) is 1. The van der Waals surface area contributed by atoms with Crippen LogP contribution in [-0.4, -0.2) is 10.9 Å². The van der Waals surface area contributed by atoms with E-state index in [4.69, 9.17) is 5.26 Å². The number of nitrogens with zero attached hydrogens (tertiary/aromatic N) is 2. The molecule has 2 aromatic carbocycles. The molecule has 3 aromatic rings. The second-order valence-electron chi connectivity index (χ2n) is 5.59. The fourth-order valence-corrected chi connectivity index (χ4v) is 3.84. The number of aromatic nitrogens is 1. The Labute approximate surface area is 143 Å². The van der Waals surface area contributed by atoms with Gasteiger partial charge in [0, 0.05) is 16.0 Å². The van der Waals surface area contributed by atoms with E-state index in [0.29, 0.717) is 16.3 Å². The van der Waals surface area contributed by atoms with Gasteiger partial charge in [-0.1, -0.05) is 24.3 Å². The van der Waals surface area contributed by atoms with Crippen LogP contribution in [0.2, 0.25) is 0 Å². The number of benzene rings is 2. The third-order valence-electron chi connectivity index (χ3n) is 4.09. The largest absolute Gasteiger partial charge is 0.298 e. The van der Waals surface area contributed by atoms with Gasteiger partial charge in [-0.2, -0.15) is 5.26 Å². The Bertz CT molecular complexity index is 967. The number of amides is 1. The van der Waals surface area contributed by atoms with E-state index in [1.54, 1.807) is 24.3 Å². The van der Waals surface area contributed by atoms with Crippen LogP contribution in [0.25, 0.3) is 11.3 Å². The Hall–Kier alpha value is -2.97. The van der Waals surface area contributed by atoms with Crippen LogP contribution in [-0.2, 0) is 12.8 Å². The fourth-order valence-electron chi connectivity index (χ4n) is 2.87. The maximum absolute atomic E-state index is 12.3. The summed E-state index contributed by atoms with van der Waals surface area (Å²) in [6.45, 7) is 0. The number of hydrogen-bond acceptors (Lipinski definition) is 4. The van der Waals surface area contributed by atoms with Crippen molar-refractivity contribution in [3.8, 4) is 17.3 Å².